The number of hydrogen-bond acceptors (Lipinski definition) is 4. The van der Waals surface area contributed by atoms with Crippen molar-refractivity contribution >= 4 is 0 Å². The summed E-state index contributed by atoms with van der Waals surface area (Å²) in [5.74, 6) is 1.59. The van der Waals surface area contributed by atoms with Crippen molar-refractivity contribution in [1.29, 1.82) is 0 Å². The van der Waals surface area contributed by atoms with Crippen LogP contribution in [-0.2, 0) is 19.4 Å². The lowest BCUT2D eigenvalue weighted by atomic mass is 9.99. The minimum atomic E-state index is -0.00805. The Kier molecular flexibility index (Phi) is 3.87. The quantitative estimate of drug-likeness (QED) is 0.836. The van der Waals surface area contributed by atoms with Crippen LogP contribution in [0.5, 0.6) is 5.75 Å². The molecule has 5 heteroatoms. The van der Waals surface area contributed by atoms with Crippen molar-refractivity contribution in [2.45, 2.75) is 19.4 Å². The second-order valence-electron chi connectivity index (χ2n) is 6.46. The SMILES string of the molecule is O=c1cccnn1CC1CN(CCc2ccc3c(c2)CCO3)C1. The highest BCUT2D eigenvalue weighted by Crippen LogP contribution is 2.26. The van der Waals surface area contributed by atoms with Crippen LogP contribution in [0.2, 0.25) is 0 Å². The normalized spacial score (nSPS) is 17.6. The summed E-state index contributed by atoms with van der Waals surface area (Å²) >= 11 is 0. The van der Waals surface area contributed by atoms with E-state index in [1.54, 1.807) is 23.0 Å². The molecule has 1 aromatic carbocycles. The van der Waals surface area contributed by atoms with Crippen molar-refractivity contribution in [1.82, 2.24) is 14.7 Å². The third-order valence-electron chi connectivity index (χ3n) is 4.72. The molecule has 3 heterocycles. The Labute approximate surface area is 135 Å². The molecule has 0 bridgehead atoms. The maximum Gasteiger partial charge on any atom is 0.266 e. The summed E-state index contributed by atoms with van der Waals surface area (Å²) in [7, 11) is 0. The molecule has 1 fully saturated rings. The summed E-state index contributed by atoms with van der Waals surface area (Å²) in [6, 6.07) is 9.82. The number of likely N-dealkylation sites (tertiary alicyclic amines) is 1. The van der Waals surface area contributed by atoms with Gasteiger partial charge in [0.05, 0.1) is 13.2 Å². The lowest BCUT2D eigenvalue weighted by Gasteiger charge is -2.39. The Hall–Kier alpha value is -2.14. The van der Waals surface area contributed by atoms with E-state index in [9.17, 15) is 4.79 Å². The smallest absolute Gasteiger partial charge is 0.266 e. The zero-order valence-electron chi connectivity index (χ0n) is 13.1. The van der Waals surface area contributed by atoms with E-state index >= 15 is 0 Å². The van der Waals surface area contributed by atoms with Gasteiger partial charge in [-0.05, 0) is 29.7 Å². The zero-order chi connectivity index (χ0) is 15.6. The molecule has 0 radical (unpaired) electrons. The van der Waals surface area contributed by atoms with Crippen molar-refractivity contribution in [3.05, 3.63) is 58.0 Å². The Morgan fingerprint density at radius 2 is 2.17 bits per heavy atom. The van der Waals surface area contributed by atoms with Gasteiger partial charge in [-0.1, -0.05) is 12.1 Å². The van der Waals surface area contributed by atoms with E-state index in [0.29, 0.717) is 5.92 Å². The summed E-state index contributed by atoms with van der Waals surface area (Å²) in [5, 5.41) is 4.13. The summed E-state index contributed by atoms with van der Waals surface area (Å²) in [6.07, 6.45) is 3.78. The van der Waals surface area contributed by atoms with Crippen LogP contribution in [0.25, 0.3) is 0 Å². The molecule has 0 spiro atoms. The van der Waals surface area contributed by atoms with Crippen LogP contribution >= 0.6 is 0 Å². The highest BCUT2D eigenvalue weighted by atomic mass is 16.5. The van der Waals surface area contributed by atoms with E-state index in [4.69, 9.17) is 4.74 Å². The third-order valence-corrected chi connectivity index (χ3v) is 4.72. The molecule has 2 aliphatic rings. The van der Waals surface area contributed by atoms with Crippen LogP contribution in [0.1, 0.15) is 11.1 Å². The number of ether oxygens (including phenoxy) is 1. The van der Waals surface area contributed by atoms with Gasteiger partial charge in [-0.15, -0.1) is 0 Å². The van der Waals surface area contributed by atoms with E-state index < -0.39 is 0 Å². The van der Waals surface area contributed by atoms with Gasteiger partial charge in [-0.2, -0.15) is 5.10 Å². The van der Waals surface area contributed by atoms with E-state index in [0.717, 1.165) is 51.4 Å². The van der Waals surface area contributed by atoms with E-state index in [1.165, 1.54) is 11.1 Å². The molecular weight excluding hydrogens is 290 g/mol. The van der Waals surface area contributed by atoms with Gasteiger partial charge in [0.15, 0.2) is 0 Å². The molecule has 23 heavy (non-hydrogen) atoms. The third kappa shape index (κ3) is 3.15. The predicted octanol–water partition coefficient (Wildman–Crippen LogP) is 1.35. The van der Waals surface area contributed by atoms with Crippen LogP contribution in [0.15, 0.2) is 41.3 Å². The second-order valence-corrected chi connectivity index (χ2v) is 6.46. The Balaban J connectivity index is 1.25. The minimum absolute atomic E-state index is 0.00805. The molecule has 120 valence electrons. The number of benzene rings is 1. The first-order valence-corrected chi connectivity index (χ1v) is 8.27. The highest BCUT2D eigenvalue weighted by molar-refractivity contribution is 5.39. The summed E-state index contributed by atoms with van der Waals surface area (Å²) in [4.78, 5) is 14.1. The fourth-order valence-corrected chi connectivity index (χ4v) is 3.43. The number of aromatic nitrogens is 2. The highest BCUT2D eigenvalue weighted by Gasteiger charge is 2.27. The van der Waals surface area contributed by atoms with Gasteiger partial charge in [0.25, 0.3) is 5.56 Å². The topological polar surface area (TPSA) is 47.4 Å². The van der Waals surface area contributed by atoms with Gasteiger partial charge in [-0.3, -0.25) is 4.79 Å². The first-order valence-electron chi connectivity index (χ1n) is 8.27. The molecule has 0 saturated carbocycles. The molecular formula is C18H21N3O2. The maximum absolute atomic E-state index is 11.7. The van der Waals surface area contributed by atoms with Gasteiger partial charge in [-0.25, -0.2) is 4.68 Å². The van der Waals surface area contributed by atoms with Crippen molar-refractivity contribution in [2.75, 3.05) is 26.2 Å². The van der Waals surface area contributed by atoms with Crippen molar-refractivity contribution in [2.24, 2.45) is 5.92 Å². The molecule has 4 rings (SSSR count). The van der Waals surface area contributed by atoms with E-state index in [-0.39, 0.29) is 5.56 Å². The Morgan fingerprint density at radius 3 is 3.04 bits per heavy atom. The predicted molar refractivity (Wildman–Crippen MR) is 87.8 cm³/mol. The average molecular weight is 311 g/mol. The number of hydrogen-bond donors (Lipinski definition) is 0. The summed E-state index contributed by atoms with van der Waals surface area (Å²) in [5.41, 5.74) is 2.73. The summed E-state index contributed by atoms with van der Waals surface area (Å²) < 4.78 is 7.12. The Bertz CT molecular complexity index is 750. The molecule has 0 atom stereocenters. The second kappa shape index (κ2) is 6.16. The first-order chi connectivity index (χ1) is 11.3. The molecule has 0 N–H and O–H groups in total. The van der Waals surface area contributed by atoms with Crippen LogP contribution in [-0.4, -0.2) is 40.9 Å². The van der Waals surface area contributed by atoms with Gasteiger partial charge in [0.1, 0.15) is 5.75 Å². The van der Waals surface area contributed by atoms with Crippen LogP contribution < -0.4 is 10.3 Å². The van der Waals surface area contributed by atoms with Crippen molar-refractivity contribution in [3.63, 3.8) is 0 Å². The molecule has 2 aromatic rings. The summed E-state index contributed by atoms with van der Waals surface area (Å²) in [6.45, 7) is 4.73. The number of fused-ring (bicyclic) bond motifs is 1. The van der Waals surface area contributed by atoms with Gasteiger partial charge >= 0.3 is 0 Å². The molecule has 2 aliphatic heterocycles. The van der Waals surface area contributed by atoms with Gasteiger partial charge in [0, 0.05) is 44.2 Å². The fraction of sp³-hybridized carbons (Fsp3) is 0.444. The van der Waals surface area contributed by atoms with E-state index in [2.05, 4.69) is 28.2 Å². The van der Waals surface area contributed by atoms with Crippen LogP contribution in [0.4, 0.5) is 0 Å². The fourth-order valence-electron chi connectivity index (χ4n) is 3.43. The maximum atomic E-state index is 11.7. The molecule has 0 unspecified atom stereocenters. The van der Waals surface area contributed by atoms with Gasteiger partial charge in [0.2, 0.25) is 0 Å². The Morgan fingerprint density at radius 1 is 1.26 bits per heavy atom. The zero-order valence-corrected chi connectivity index (χ0v) is 13.1. The number of rotatable bonds is 5. The number of nitrogens with zero attached hydrogens (tertiary/aromatic N) is 3. The minimum Gasteiger partial charge on any atom is -0.493 e. The molecule has 1 saturated heterocycles. The van der Waals surface area contributed by atoms with Crippen molar-refractivity contribution in [3.8, 4) is 5.75 Å². The van der Waals surface area contributed by atoms with Crippen LogP contribution in [0, 0.1) is 5.92 Å². The van der Waals surface area contributed by atoms with Crippen molar-refractivity contribution < 1.29 is 4.74 Å². The average Bonchev–Trinajstić information content (AvgIpc) is 2.98. The molecule has 1 aromatic heterocycles. The largest absolute Gasteiger partial charge is 0.493 e. The van der Waals surface area contributed by atoms with E-state index in [1.807, 2.05) is 0 Å². The molecule has 0 aliphatic carbocycles. The van der Waals surface area contributed by atoms with Gasteiger partial charge < -0.3 is 9.64 Å². The van der Waals surface area contributed by atoms with Crippen LogP contribution in [0.3, 0.4) is 0 Å². The molecule has 0 amide bonds. The standard InChI is InChI=1S/C18H21N3O2/c22-18-2-1-7-19-21(18)13-15-11-20(12-15)8-5-14-3-4-17-16(10-14)6-9-23-17/h1-4,7,10,15H,5-6,8-9,11-13H2. The lowest BCUT2D eigenvalue weighted by Crippen LogP contribution is -2.50. The lowest BCUT2D eigenvalue weighted by molar-refractivity contribution is 0.0856. The first kappa shape index (κ1) is 14.5. The molecule has 5 nitrogen and oxygen atoms in total. The monoisotopic (exact) mass is 311 g/mol.